The van der Waals surface area contributed by atoms with Crippen LogP contribution >= 0.6 is 0 Å². The maximum absolute atomic E-state index is 14.6. The van der Waals surface area contributed by atoms with Crippen LogP contribution < -0.4 is 16.0 Å². The molecule has 30 heavy (non-hydrogen) atoms. The van der Waals surface area contributed by atoms with Gasteiger partial charge in [-0.3, -0.25) is 4.79 Å². The third kappa shape index (κ3) is 4.68. The Labute approximate surface area is 174 Å². The minimum atomic E-state index is -0.412. The molecule has 1 aromatic heterocycles. The molecule has 2 fully saturated rings. The smallest absolute Gasteiger partial charge is 0.223 e. The van der Waals surface area contributed by atoms with Gasteiger partial charge >= 0.3 is 0 Å². The molecule has 3 atom stereocenters. The first-order valence-electron chi connectivity index (χ1n) is 10.6. The van der Waals surface area contributed by atoms with Gasteiger partial charge < -0.3 is 16.0 Å². The van der Waals surface area contributed by atoms with Gasteiger partial charge in [0.2, 0.25) is 11.9 Å². The first-order valence-corrected chi connectivity index (χ1v) is 10.6. The van der Waals surface area contributed by atoms with E-state index in [1.54, 1.807) is 12.1 Å². The number of benzene rings is 1. The van der Waals surface area contributed by atoms with Gasteiger partial charge in [0.1, 0.15) is 5.82 Å². The summed E-state index contributed by atoms with van der Waals surface area (Å²) in [6.45, 7) is 1.46. The van der Waals surface area contributed by atoms with Gasteiger partial charge in [-0.05, 0) is 56.4 Å². The second-order valence-corrected chi connectivity index (χ2v) is 8.30. The van der Waals surface area contributed by atoms with Crippen molar-refractivity contribution in [3.8, 4) is 0 Å². The molecule has 0 bridgehead atoms. The van der Waals surface area contributed by atoms with Crippen molar-refractivity contribution >= 4 is 17.5 Å². The van der Waals surface area contributed by atoms with E-state index >= 15 is 0 Å². The maximum atomic E-state index is 14.6. The molecular formula is C22H27F2N5O. The van der Waals surface area contributed by atoms with Crippen LogP contribution in [0.2, 0.25) is 0 Å². The second kappa shape index (κ2) is 8.93. The van der Waals surface area contributed by atoms with Crippen molar-refractivity contribution in [1.82, 2.24) is 9.97 Å². The number of rotatable bonds is 5. The Hall–Kier alpha value is -2.77. The van der Waals surface area contributed by atoms with Gasteiger partial charge in [0, 0.05) is 36.7 Å². The number of aromatic nitrogens is 2. The summed E-state index contributed by atoms with van der Waals surface area (Å²) in [5, 5.41) is 3.27. The van der Waals surface area contributed by atoms with Crippen molar-refractivity contribution in [3.05, 3.63) is 47.8 Å². The summed E-state index contributed by atoms with van der Waals surface area (Å²) in [4.78, 5) is 22.3. The van der Waals surface area contributed by atoms with Crippen LogP contribution in [0.5, 0.6) is 0 Å². The number of amides is 1. The summed E-state index contributed by atoms with van der Waals surface area (Å²) in [6, 6.07) is 6.43. The van der Waals surface area contributed by atoms with Gasteiger partial charge in [-0.2, -0.15) is 0 Å². The number of nitrogens with one attached hydrogen (secondary N) is 1. The standard InChI is InChI=1S/C22H27F2N5O/c23-16-6-8-18(9-7-16)29-10-2-4-15(13-29)20-19(24)12-26-22(28-20)27-17-5-1-3-14(11-17)21(25)30/h6-9,12,14-15,17H,1-5,10-11,13H2,(H2,25,30)(H,26,27,28)/t14-,15?,17+/m1/s1. The largest absolute Gasteiger partial charge is 0.371 e. The number of carbonyl (C=O) groups excluding carboxylic acids is 1. The van der Waals surface area contributed by atoms with E-state index in [0.29, 0.717) is 24.6 Å². The Bertz CT molecular complexity index is 892. The molecule has 1 aliphatic heterocycles. The van der Waals surface area contributed by atoms with Crippen molar-refractivity contribution in [2.24, 2.45) is 11.7 Å². The normalized spacial score (nSPS) is 24.5. The topological polar surface area (TPSA) is 84.1 Å². The Balaban J connectivity index is 1.47. The van der Waals surface area contributed by atoms with Gasteiger partial charge in [0.15, 0.2) is 5.82 Å². The Morgan fingerprint density at radius 3 is 2.70 bits per heavy atom. The van der Waals surface area contributed by atoms with Gasteiger partial charge in [0.05, 0.1) is 11.9 Å². The molecule has 2 aromatic rings. The number of hydrogen-bond donors (Lipinski definition) is 2. The third-order valence-corrected chi connectivity index (χ3v) is 6.18. The van der Waals surface area contributed by atoms with Crippen LogP contribution in [0.15, 0.2) is 30.5 Å². The zero-order chi connectivity index (χ0) is 21.1. The van der Waals surface area contributed by atoms with Crippen molar-refractivity contribution < 1.29 is 13.6 Å². The van der Waals surface area contributed by atoms with Gasteiger partial charge in [-0.1, -0.05) is 6.42 Å². The highest BCUT2D eigenvalue weighted by molar-refractivity contribution is 5.76. The highest BCUT2D eigenvalue weighted by Crippen LogP contribution is 2.31. The first-order chi connectivity index (χ1) is 14.5. The molecule has 1 saturated carbocycles. The summed E-state index contributed by atoms with van der Waals surface area (Å²) in [5.74, 6) is -0.780. The van der Waals surface area contributed by atoms with E-state index in [9.17, 15) is 13.6 Å². The summed E-state index contributed by atoms with van der Waals surface area (Å²) in [7, 11) is 0. The van der Waals surface area contributed by atoms with Gasteiger partial charge in [-0.25, -0.2) is 18.7 Å². The molecule has 0 spiro atoms. The molecule has 6 nitrogen and oxygen atoms in total. The second-order valence-electron chi connectivity index (χ2n) is 8.30. The van der Waals surface area contributed by atoms with Crippen LogP contribution in [-0.4, -0.2) is 35.0 Å². The molecule has 3 N–H and O–H groups in total. The molecule has 2 aliphatic rings. The van der Waals surface area contributed by atoms with Crippen LogP contribution in [0, 0.1) is 17.6 Å². The van der Waals surface area contributed by atoms with E-state index in [1.165, 1.54) is 18.3 Å². The van der Waals surface area contributed by atoms with Crippen molar-refractivity contribution in [2.45, 2.75) is 50.5 Å². The zero-order valence-corrected chi connectivity index (χ0v) is 16.9. The molecule has 160 valence electrons. The molecule has 1 saturated heterocycles. The highest BCUT2D eigenvalue weighted by Gasteiger charge is 2.28. The number of carbonyl (C=O) groups is 1. The van der Waals surface area contributed by atoms with Crippen molar-refractivity contribution in [3.63, 3.8) is 0 Å². The fourth-order valence-corrected chi connectivity index (χ4v) is 4.58. The first kappa shape index (κ1) is 20.5. The Kier molecular flexibility index (Phi) is 6.11. The molecule has 1 aliphatic carbocycles. The average Bonchev–Trinajstić information content (AvgIpc) is 2.76. The number of piperidine rings is 1. The predicted octanol–water partition coefficient (Wildman–Crippen LogP) is 3.59. The SMILES string of the molecule is NC(=O)[C@@H]1CCC[C@H](Nc2ncc(F)c(C3CCCN(c4ccc(F)cc4)C3)n2)C1. The van der Waals surface area contributed by atoms with E-state index in [2.05, 4.69) is 20.2 Å². The lowest BCUT2D eigenvalue weighted by Gasteiger charge is -2.34. The molecule has 4 rings (SSSR count). The molecule has 0 radical (unpaired) electrons. The maximum Gasteiger partial charge on any atom is 0.223 e. The summed E-state index contributed by atoms with van der Waals surface area (Å²) in [5.41, 5.74) is 6.79. The number of halogens is 2. The molecule has 1 aromatic carbocycles. The molecular weight excluding hydrogens is 388 g/mol. The van der Waals surface area contributed by atoms with E-state index in [-0.39, 0.29) is 29.6 Å². The minimum absolute atomic E-state index is 0.0524. The lowest BCUT2D eigenvalue weighted by atomic mass is 9.85. The van der Waals surface area contributed by atoms with Crippen molar-refractivity contribution in [1.29, 1.82) is 0 Å². The van der Waals surface area contributed by atoms with E-state index in [1.807, 2.05) is 0 Å². The fourth-order valence-electron chi connectivity index (χ4n) is 4.58. The molecule has 8 heteroatoms. The Morgan fingerprint density at radius 1 is 1.13 bits per heavy atom. The lowest BCUT2D eigenvalue weighted by Crippen LogP contribution is -2.36. The Morgan fingerprint density at radius 2 is 1.93 bits per heavy atom. The van der Waals surface area contributed by atoms with E-state index in [0.717, 1.165) is 44.3 Å². The molecule has 2 heterocycles. The van der Waals surface area contributed by atoms with Crippen LogP contribution in [0.3, 0.4) is 0 Å². The number of nitrogens with zero attached hydrogens (tertiary/aromatic N) is 3. The fraction of sp³-hybridized carbons (Fsp3) is 0.500. The number of hydrogen-bond acceptors (Lipinski definition) is 5. The summed E-state index contributed by atoms with van der Waals surface area (Å²) in [6.07, 6.45) is 6.22. The zero-order valence-electron chi connectivity index (χ0n) is 16.9. The number of anilines is 2. The minimum Gasteiger partial charge on any atom is -0.371 e. The van der Waals surface area contributed by atoms with E-state index in [4.69, 9.17) is 5.73 Å². The monoisotopic (exact) mass is 415 g/mol. The summed E-state index contributed by atoms with van der Waals surface area (Å²) >= 11 is 0. The van der Waals surface area contributed by atoms with Crippen LogP contribution in [-0.2, 0) is 4.79 Å². The predicted molar refractivity (Wildman–Crippen MR) is 111 cm³/mol. The quantitative estimate of drug-likeness (QED) is 0.780. The molecule has 1 amide bonds. The van der Waals surface area contributed by atoms with Crippen LogP contribution in [0.25, 0.3) is 0 Å². The average molecular weight is 415 g/mol. The lowest BCUT2D eigenvalue weighted by molar-refractivity contribution is -0.122. The summed E-state index contributed by atoms with van der Waals surface area (Å²) < 4.78 is 27.8. The van der Waals surface area contributed by atoms with Crippen LogP contribution in [0.4, 0.5) is 20.4 Å². The van der Waals surface area contributed by atoms with Crippen LogP contribution in [0.1, 0.15) is 50.1 Å². The molecule has 1 unspecified atom stereocenters. The van der Waals surface area contributed by atoms with Gasteiger partial charge in [0.25, 0.3) is 0 Å². The number of primary amides is 1. The van der Waals surface area contributed by atoms with E-state index < -0.39 is 5.82 Å². The van der Waals surface area contributed by atoms with Crippen molar-refractivity contribution in [2.75, 3.05) is 23.3 Å². The van der Waals surface area contributed by atoms with Gasteiger partial charge in [-0.15, -0.1) is 0 Å². The highest BCUT2D eigenvalue weighted by atomic mass is 19.1. The number of nitrogens with two attached hydrogens (primary N) is 1. The third-order valence-electron chi connectivity index (χ3n) is 6.18.